The monoisotopic (exact) mass is 640 g/mol. The number of fused-ring (bicyclic) bond motifs is 1. The molecule has 0 spiro atoms. The summed E-state index contributed by atoms with van der Waals surface area (Å²) in [4.78, 5) is 17.9. The highest BCUT2D eigenvalue weighted by atomic mass is 16.5. The van der Waals surface area contributed by atoms with Gasteiger partial charge in [-0.15, -0.1) is 5.10 Å². The molecule has 48 heavy (non-hydrogen) atoms. The van der Waals surface area contributed by atoms with Gasteiger partial charge in [0.2, 0.25) is 0 Å². The Morgan fingerprint density at radius 1 is 0.917 bits per heavy atom. The number of unbranched alkanes of at least 4 members (excludes halogenated alkanes) is 1. The van der Waals surface area contributed by atoms with Crippen molar-refractivity contribution >= 4 is 29.2 Å². The third-order valence-electron chi connectivity index (χ3n) is 8.43. The molecule has 244 valence electrons. The van der Waals surface area contributed by atoms with Gasteiger partial charge in [-0.25, -0.2) is 9.78 Å². The van der Waals surface area contributed by atoms with E-state index in [1.165, 1.54) is 7.11 Å². The van der Waals surface area contributed by atoms with Crippen molar-refractivity contribution in [2.45, 2.75) is 52.8 Å². The molecule has 0 radical (unpaired) electrons. The number of carbonyl (C=O) groups is 1. The molecule has 9 nitrogen and oxygen atoms in total. The first-order valence-electron chi connectivity index (χ1n) is 16.4. The van der Waals surface area contributed by atoms with Crippen molar-refractivity contribution in [3.63, 3.8) is 0 Å². The average Bonchev–Trinajstić information content (AvgIpc) is 3.75. The second-order valence-electron chi connectivity index (χ2n) is 11.6. The standard InChI is InChI=1S/C39H40N6O3/c1-5-7-17-37-40-35-25-34(39(46)47-4)31(23-18-28-13-9-8-10-14-28)24-36(35)44(37)26-29-19-21-30(22-20-29)32-15-11-12-16-33(32)38-41-42-43-45(38)27(3)48-6-2/h8-16,18-25,27H,5-7,17,26H2,1-4H3/b23-18+. The Morgan fingerprint density at radius 2 is 1.67 bits per heavy atom. The smallest absolute Gasteiger partial charge is 0.338 e. The quantitative estimate of drug-likeness (QED) is 0.0926. The van der Waals surface area contributed by atoms with Crippen LogP contribution in [0.1, 0.15) is 72.7 Å². The maximum Gasteiger partial charge on any atom is 0.338 e. The Hall–Kier alpha value is -5.41. The molecule has 0 fully saturated rings. The van der Waals surface area contributed by atoms with Crippen molar-refractivity contribution in [3.05, 3.63) is 119 Å². The van der Waals surface area contributed by atoms with E-state index in [9.17, 15) is 4.79 Å². The SMILES string of the molecule is CCCCc1nc2cc(C(=O)OC)c(/C=C/c3ccccc3)cc2n1Cc1ccc(-c2ccccc2-c2nnnn2C(C)OCC)cc1. The van der Waals surface area contributed by atoms with Crippen LogP contribution in [-0.4, -0.2) is 49.4 Å². The van der Waals surface area contributed by atoms with Crippen molar-refractivity contribution in [2.24, 2.45) is 0 Å². The van der Waals surface area contributed by atoms with E-state index in [1.54, 1.807) is 4.68 Å². The summed E-state index contributed by atoms with van der Waals surface area (Å²) >= 11 is 0. The number of rotatable bonds is 13. The number of nitrogens with zero attached hydrogens (tertiary/aromatic N) is 6. The first kappa shape index (κ1) is 32.5. The van der Waals surface area contributed by atoms with Crippen LogP contribution in [0.4, 0.5) is 0 Å². The summed E-state index contributed by atoms with van der Waals surface area (Å²) in [6, 6.07) is 30.7. The van der Waals surface area contributed by atoms with Gasteiger partial charge in [-0.05, 0) is 70.6 Å². The number of esters is 1. The maximum atomic E-state index is 12.9. The lowest BCUT2D eigenvalue weighted by Gasteiger charge is -2.15. The zero-order valence-electron chi connectivity index (χ0n) is 27.8. The van der Waals surface area contributed by atoms with E-state index in [1.807, 2.05) is 80.6 Å². The Bertz CT molecular complexity index is 2030. The Kier molecular flexibility index (Phi) is 10.2. The third kappa shape index (κ3) is 6.96. The van der Waals surface area contributed by atoms with Crippen LogP contribution >= 0.6 is 0 Å². The van der Waals surface area contributed by atoms with E-state index in [4.69, 9.17) is 14.5 Å². The molecular formula is C39H40N6O3. The highest BCUT2D eigenvalue weighted by molar-refractivity contribution is 5.99. The van der Waals surface area contributed by atoms with Crippen molar-refractivity contribution in [3.8, 4) is 22.5 Å². The Morgan fingerprint density at radius 3 is 2.40 bits per heavy atom. The number of imidazole rings is 1. The summed E-state index contributed by atoms with van der Waals surface area (Å²) < 4.78 is 14.9. The number of tetrazole rings is 1. The van der Waals surface area contributed by atoms with E-state index in [2.05, 4.69) is 63.4 Å². The molecule has 2 heterocycles. The van der Waals surface area contributed by atoms with Gasteiger partial charge in [0.1, 0.15) is 5.82 Å². The Labute approximate surface area is 280 Å². The zero-order chi connectivity index (χ0) is 33.5. The fraction of sp³-hybridized carbons (Fsp3) is 0.256. The van der Waals surface area contributed by atoms with Gasteiger partial charge in [0.25, 0.3) is 0 Å². The molecule has 9 heteroatoms. The normalized spacial score (nSPS) is 12.2. The van der Waals surface area contributed by atoms with Crippen molar-refractivity contribution < 1.29 is 14.3 Å². The van der Waals surface area contributed by atoms with E-state index in [0.717, 1.165) is 69.5 Å². The lowest BCUT2D eigenvalue weighted by molar-refractivity contribution is 0.0159. The second kappa shape index (κ2) is 15.0. The summed E-state index contributed by atoms with van der Waals surface area (Å²) in [5.74, 6) is 1.27. The number of benzene rings is 4. The van der Waals surface area contributed by atoms with Gasteiger partial charge in [0.05, 0.1) is 23.7 Å². The molecule has 0 bridgehead atoms. The predicted molar refractivity (Wildman–Crippen MR) is 189 cm³/mol. The summed E-state index contributed by atoms with van der Waals surface area (Å²) in [6.07, 6.45) is 6.61. The fourth-order valence-corrected chi connectivity index (χ4v) is 5.94. The number of aromatic nitrogens is 6. The van der Waals surface area contributed by atoms with E-state index >= 15 is 0 Å². The molecular weight excluding hydrogens is 600 g/mol. The predicted octanol–water partition coefficient (Wildman–Crippen LogP) is 8.26. The minimum absolute atomic E-state index is 0.291. The molecule has 1 atom stereocenters. The minimum atomic E-state index is -0.383. The van der Waals surface area contributed by atoms with Crippen LogP contribution in [0.3, 0.4) is 0 Å². The van der Waals surface area contributed by atoms with Gasteiger partial charge in [-0.2, -0.15) is 4.68 Å². The van der Waals surface area contributed by atoms with Crippen molar-refractivity contribution in [2.75, 3.05) is 13.7 Å². The Balaban J connectivity index is 1.36. The number of ether oxygens (including phenoxy) is 2. The maximum absolute atomic E-state index is 12.9. The van der Waals surface area contributed by atoms with Gasteiger partial charge >= 0.3 is 5.97 Å². The highest BCUT2D eigenvalue weighted by Gasteiger charge is 2.20. The van der Waals surface area contributed by atoms with Crippen molar-refractivity contribution in [1.82, 2.24) is 29.8 Å². The van der Waals surface area contributed by atoms with E-state index in [-0.39, 0.29) is 12.2 Å². The topological polar surface area (TPSA) is 97.0 Å². The minimum Gasteiger partial charge on any atom is -0.465 e. The third-order valence-corrected chi connectivity index (χ3v) is 8.43. The number of hydrogen-bond acceptors (Lipinski definition) is 7. The number of methoxy groups -OCH3 is 1. The van der Waals surface area contributed by atoms with Crippen LogP contribution < -0.4 is 0 Å². The van der Waals surface area contributed by atoms with Gasteiger partial charge in [0, 0.05) is 25.1 Å². The molecule has 0 saturated heterocycles. The van der Waals surface area contributed by atoms with Crippen LogP contribution in [0.25, 0.3) is 45.7 Å². The lowest BCUT2D eigenvalue weighted by atomic mass is 9.98. The second-order valence-corrected chi connectivity index (χ2v) is 11.6. The number of hydrogen-bond donors (Lipinski definition) is 0. The van der Waals surface area contributed by atoms with Crippen LogP contribution in [0.5, 0.6) is 0 Å². The highest BCUT2D eigenvalue weighted by Crippen LogP contribution is 2.32. The van der Waals surface area contributed by atoms with E-state index < -0.39 is 0 Å². The molecule has 6 rings (SSSR count). The first-order chi connectivity index (χ1) is 23.5. The number of carbonyl (C=O) groups excluding carboxylic acids is 1. The summed E-state index contributed by atoms with van der Waals surface area (Å²) in [7, 11) is 1.41. The van der Waals surface area contributed by atoms with Crippen LogP contribution in [0.2, 0.25) is 0 Å². The molecule has 4 aromatic carbocycles. The van der Waals surface area contributed by atoms with Gasteiger partial charge in [0.15, 0.2) is 12.1 Å². The molecule has 6 aromatic rings. The fourth-order valence-electron chi connectivity index (χ4n) is 5.94. The summed E-state index contributed by atoms with van der Waals surface area (Å²) in [5, 5.41) is 12.5. The number of aryl methyl sites for hydroxylation is 1. The lowest BCUT2D eigenvalue weighted by Crippen LogP contribution is -2.12. The van der Waals surface area contributed by atoms with Crippen LogP contribution in [-0.2, 0) is 22.4 Å². The van der Waals surface area contributed by atoms with Gasteiger partial charge in [-0.1, -0.05) is 104 Å². The molecule has 0 aliphatic rings. The molecule has 1 unspecified atom stereocenters. The average molecular weight is 641 g/mol. The van der Waals surface area contributed by atoms with Gasteiger partial charge < -0.3 is 14.0 Å². The molecule has 0 N–H and O–H groups in total. The van der Waals surface area contributed by atoms with Crippen LogP contribution in [0.15, 0.2) is 91.0 Å². The van der Waals surface area contributed by atoms with Crippen molar-refractivity contribution in [1.29, 1.82) is 0 Å². The first-order valence-corrected chi connectivity index (χ1v) is 16.4. The largest absolute Gasteiger partial charge is 0.465 e. The summed E-state index contributed by atoms with van der Waals surface area (Å²) in [6.45, 7) is 7.28. The van der Waals surface area contributed by atoms with Gasteiger partial charge in [-0.3, -0.25) is 0 Å². The molecule has 2 aromatic heterocycles. The van der Waals surface area contributed by atoms with Crippen LogP contribution in [0, 0.1) is 0 Å². The molecule has 0 saturated carbocycles. The zero-order valence-corrected chi connectivity index (χ0v) is 27.8. The van der Waals surface area contributed by atoms with E-state index in [0.29, 0.717) is 24.5 Å². The molecule has 0 amide bonds. The molecule has 0 aliphatic carbocycles. The summed E-state index contributed by atoms with van der Waals surface area (Å²) in [5.41, 5.74) is 8.25. The molecule has 0 aliphatic heterocycles.